The van der Waals surface area contributed by atoms with Crippen LogP contribution in [0.4, 0.5) is 0 Å². The molecule has 0 atom stereocenters. The lowest BCUT2D eigenvalue weighted by Gasteiger charge is -2.19. The van der Waals surface area contributed by atoms with E-state index in [0.717, 1.165) is 25.9 Å². The maximum Gasteiger partial charge on any atom is 0.230 e. The predicted molar refractivity (Wildman–Crippen MR) is 55.0 cm³/mol. The minimum Gasteiger partial charge on any atom is -0.343 e. The number of aromatic amines is 1. The third-order valence-corrected chi connectivity index (χ3v) is 2.21. The fourth-order valence-corrected chi connectivity index (χ4v) is 1.31. The van der Waals surface area contributed by atoms with E-state index < -0.39 is 0 Å². The molecule has 1 N–H and O–H groups in total. The Bertz CT molecular complexity index is 285. The third kappa shape index (κ3) is 3.65. The Labute approximate surface area is 89.0 Å². The number of rotatable bonds is 6. The van der Waals surface area contributed by atoms with Crippen LogP contribution in [0.25, 0.3) is 0 Å². The lowest BCUT2D eigenvalue weighted by Crippen LogP contribution is -2.33. The molecule has 1 aromatic heterocycles. The van der Waals surface area contributed by atoms with Gasteiger partial charge in [0.25, 0.3) is 0 Å². The van der Waals surface area contributed by atoms with Crippen LogP contribution in [0.3, 0.4) is 0 Å². The van der Waals surface area contributed by atoms with Crippen LogP contribution in [0.2, 0.25) is 0 Å². The van der Waals surface area contributed by atoms with Gasteiger partial charge in [-0.2, -0.15) is 5.21 Å². The minimum atomic E-state index is 0.0624. The summed E-state index contributed by atoms with van der Waals surface area (Å²) in [6, 6.07) is 0. The number of H-pyrrole nitrogens is 1. The van der Waals surface area contributed by atoms with Crippen molar-refractivity contribution in [1.82, 2.24) is 25.5 Å². The number of nitrogens with zero attached hydrogens (tertiary/aromatic N) is 4. The molecule has 0 radical (unpaired) electrons. The summed E-state index contributed by atoms with van der Waals surface area (Å²) in [7, 11) is 0. The average Bonchev–Trinajstić information content (AvgIpc) is 2.71. The first-order chi connectivity index (χ1) is 7.27. The molecule has 0 bridgehead atoms. The number of unbranched alkanes of at least 4 members (excludes halogenated alkanes) is 1. The topological polar surface area (TPSA) is 74.8 Å². The highest BCUT2D eigenvalue weighted by Crippen LogP contribution is 1.99. The number of aromatic nitrogens is 4. The highest BCUT2D eigenvalue weighted by Gasteiger charge is 2.13. The van der Waals surface area contributed by atoms with Gasteiger partial charge in [-0.15, -0.1) is 10.2 Å². The zero-order valence-corrected chi connectivity index (χ0v) is 9.23. The van der Waals surface area contributed by atoms with E-state index in [4.69, 9.17) is 0 Å². The van der Waals surface area contributed by atoms with E-state index in [1.54, 1.807) is 0 Å². The monoisotopic (exact) mass is 211 g/mol. The van der Waals surface area contributed by atoms with Crippen molar-refractivity contribution in [1.29, 1.82) is 0 Å². The molecule has 0 aliphatic heterocycles. The fraction of sp³-hybridized carbons (Fsp3) is 0.778. The summed E-state index contributed by atoms with van der Waals surface area (Å²) in [5, 5.41) is 13.3. The van der Waals surface area contributed by atoms with Gasteiger partial charge in [0, 0.05) is 13.1 Å². The molecule has 1 rings (SSSR count). The van der Waals surface area contributed by atoms with Crippen LogP contribution in [0, 0.1) is 0 Å². The standard InChI is InChI=1S/C9H17N5O/c1-3-5-6-14(4-2)9(15)7-8-10-12-13-11-8/h3-7H2,1-2H3,(H,10,11,12,13). The number of nitrogens with one attached hydrogen (secondary N) is 1. The first kappa shape index (κ1) is 11.6. The molecule has 0 saturated carbocycles. The van der Waals surface area contributed by atoms with Crippen molar-refractivity contribution in [2.75, 3.05) is 13.1 Å². The van der Waals surface area contributed by atoms with Gasteiger partial charge in [-0.1, -0.05) is 18.6 Å². The summed E-state index contributed by atoms with van der Waals surface area (Å²) in [4.78, 5) is 13.6. The van der Waals surface area contributed by atoms with Crippen molar-refractivity contribution in [2.24, 2.45) is 0 Å². The van der Waals surface area contributed by atoms with Crippen LogP contribution < -0.4 is 0 Å². The van der Waals surface area contributed by atoms with E-state index in [1.165, 1.54) is 0 Å². The number of hydrogen-bond donors (Lipinski definition) is 1. The molecule has 0 aromatic carbocycles. The molecule has 6 heteroatoms. The van der Waals surface area contributed by atoms with Crippen LogP contribution in [0.5, 0.6) is 0 Å². The third-order valence-electron chi connectivity index (χ3n) is 2.21. The Morgan fingerprint density at radius 2 is 2.27 bits per heavy atom. The van der Waals surface area contributed by atoms with Gasteiger partial charge in [0.1, 0.15) is 0 Å². The minimum absolute atomic E-state index is 0.0624. The molecule has 1 aromatic rings. The van der Waals surface area contributed by atoms with E-state index in [0.29, 0.717) is 5.82 Å². The lowest BCUT2D eigenvalue weighted by molar-refractivity contribution is -0.130. The number of hydrogen-bond acceptors (Lipinski definition) is 4. The van der Waals surface area contributed by atoms with Gasteiger partial charge < -0.3 is 4.90 Å². The summed E-state index contributed by atoms with van der Waals surface area (Å²) < 4.78 is 0. The molecular weight excluding hydrogens is 194 g/mol. The molecule has 6 nitrogen and oxygen atoms in total. The zero-order chi connectivity index (χ0) is 11.1. The van der Waals surface area contributed by atoms with Crippen molar-refractivity contribution >= 4 is 5.91 Å². The molecule has 84 valence electrons. The first-order valence-corrected chi connectivity index (χ1v) is 5.28. The summed E-state index contributed by atoms with van der Waals surface area (Å²) in [5.41, 5.74) is 0. The Morgan fingerprint density at radius 1 is 1.47 bits per heavy atom. The number of carbonyl (C=O) groups is 1. The van der Waals surface area contributed by atoms with Crippen LogP contribution in [-0.2, 0) is 11.2 Å². The Morgan fingerprint density at radius 3 is 2.80 bits per heavy atom. The van der Waals surface area contributed by atoms with Gasteiger partial charge in [0.15, 0.2) is 5.82 Å². The zero-order valence-electron chi connectivity index (χ0n) is 9.23. The van der Waals surface area contributed by atoms with Crippen molar-refractivity contribution < 1.29 is 4.79 Å². The molecule has 0 saturated heterocycles. The average molecular weight is 211 g/mol. The smallest absolute Gasteiger partial charge is 0.230 e. The number of likely N-dealkylation sites (N-methyl/N-ethyl adjacent to an activating group) is 1. The van der Waals surface area contributed by atoms with Gasteiger partial charge in [0.05, 0.1) is 6.42 Å². The van der Waals surface area contributed by atoms with E-state index >= 15 is 0 Å². The molecule has 0 aliphatic carbocycles. The largest absolute Gasteiger partial charge is 0.343 e. The van der Waals surface area contributed by atoms with Crippen LogP contribution in [0.1, 0.15) is 32.5 Å². The first-order valence-electron chi connectivity index (χ1n) is 5.28. The molecule has 1 amide bonds. The maximum atomic E-state index is 11.8. The quantitative estimate of drug-likeness (QED) is 0.738. The van der Waals surface area contributed by atoms with Gasteiger partial charge >= 0.3 is 0 Å². The Kier molecular flexibility index (Phi) is 4.73. The van der Waals surface area contributed by atoms with Crippen LogP contribution in [-0.4, -0.2) is 44.5 Å². The van der Waals surface area contributed by atoms with Gasteiger partial charge in [-0.25, -0.2) is 0 Å². The van der Waals surface area contributed by atoms with Gasteiger partial charge in [0.2, 0.25) is 5.91 Å². The van der Waals surface area contributed by atoms with E-state index in [-0.39, 0.29) is 12.3 Å². The normalized spacial score (nSPS) is 10.3. The molecule has 0 aliphatic rings. The maximum absolute atomic E-state index is 11.8. The molecular formula is C9H17N5O. The second kappa shape index (κ2) is 6.10. The summed E-state index contributed by atoms with van der Waals surface area (Å²) in [6.45, 7) is 5.63. The summed E-state index contributed by atoms with van der Waals surface area (Å²) in [5.74, 6) is 0.516. The van der Waals surface area contributed by atoms with Crippen molar-refractivity contribution in [3.8, 4) is 0 Å². The van der Waals surface area contributed by atoms with Crippen molar-refractivity contribution in [3.63, 3.8) is 0 Å². The Balaban J connectivity index is 2.43. The van der Waals surface area contributed by atoms with Crippen LogP contribution >= 0.6 is 0 Å². The van der Waals surface area contributed by atoms with Crippen LogP contribution in [0.15, 0.2) is 0 Å². The SMILES string of the molecule is CCCCN(CC)C(=O)Cc1nn[nH]n1. The lowest BCUT2D eigenvalue weighted by atomic mass is 10.3. The van der Waals surface area contributed by atoms with E-state index in [2.05, 4.69) is 27.5 Å². The second-order valence-corrected chi connectivity index (χ2v) is 3.33. The van der Waals surface area contributed by atoms with Gasteiger partial charge in [-0.05, 0) is 13.3 Å². The molecule has 0 unspecified atom stereocenters. The molecule has 0 spiro atoms. The highest BCUT2D eigenvalue weighted by molar-refractivity contribution is 5.77. The second-order valence-electron chi connectivity index (χ2n) is 3.33. The van der Waals surface area contributed by atoms with Crippen molar-refractivity contribution in [3.05, 3.63) is 5.82 Å². The summed E-state index contributed by atoms with van der Waals surface area (Å²) >= 11 is 0. The van der Waals surface area contributed by atoms with Gasteiger partial charge in [-0.3, -0.25) is 4.79 Å². The number of carbonyl (C=O) groups excluding carboxylic acids is 1. The molecule has 15 heavy (non-hydrogen) atoms. The highest BCUT2D eigenvalue weighted by atomic mass is 16.2. The van der Waals surface area contributed by atoms with E-state index in [1.807, 2.05) is 11.8 Å². The molecule has 0 fully saturated rings. The summed E-state index contributed by atoms with van der Waals surface area (Å²) in [6.07, 6.45) is 2.35. The predicted octanol–water partition coefficient (Wildman–Crippen LogP) is 0.391. The van der Waals surface area contributed by atoms with Crippen molar-refractivity contribution in [2.45, 2.75) is 33.1 Å². The Hall–Kier alpha value is -1.46. The number of amides is 1. The number of tetrazole rings is 1. The van der Waals surface area contributed by atoms with E-state index in [9.17, 15) is 4.79 Å². The fourth-order valence-electron chi connectivity index (χ4n) is 1.31. The molecule has 1 heterocycles.